The van der Waals surface area contributed by atoms with Crippen LogP contribution in [-0.2, 0) is 9.59 Å². The van der Waals surface area contributed by atoms with Gasteiger partial charge in [-0.15, -0.1) is 0 Å². The second kappa shape index (κ2) is 7.51. The number of anilines is 1. The number of rotatable bonds is 4. The maximum absolute atomic E-state index is 12.5. The van der Waals surface area contributed by atoms with Crippen molar-refractivity contribution in [3.63, 3.8) is 0 Å². The van der Waals surface area contributed by atoms with Crippen molar-refractivity contribution in [2.45, 2.75) is 12.5 Å². The predicted octanol–water partition coefficient (Wildman–Crippen LogP) is 2.51. The van der Waals surface area contributed by atoms with Crippen LogP contribution in [0.3, 0.4) is 0 Å². The Morgan fingerprint density at radius 1 is 1.12 bits per heavy atom. The van der Waals surface area contributed by atoms with Gasteiger partial charge in [-0.25, -0.2) is 10.3 Å². The number of imide groups is 1. The highest BCUT2D eigenvalue weighted by atomic mass is 127. The molecule has 25 heavy (non-hydrogen) atoms. The predicted molar refractivity (Wildman–Crippen MR) is 102 cm³/mol. The zero-order valence-electron chi connectivity index (χ0n) is 12.8. The van der Waals surface area contributed by atoms with Crippen molar-refractivity contribution in [3.8, 4) is 0 Å². The second-order valence-corrected chi connectivity index (χ2v) is 6.98. The number of benzene rings is 2. The van der Waals surface area contributed by atoms with Crippen molar-refractivity contribution < 1.29 is 14.4 Å². The smallest absolute Gasteiger partial charge is 0.266 e. The molecular weight excluding hydrogens is 457 g/mol. The van der Waals surface area contributed by atoms with Crippen molar-refractivity contribution in [1.29, 1.82) is 0 Å². The highest BCUT2D eigenvalue weighted by Crippen LogP contribution is 2.24. The number of nitrogens with zero attached hydrogens (tertiary/aromatic N) is 1. The van der Waals surface area contributed by atoms with Crippen molar-refractivity contribution in [2.75, 3.05) is 4.90 Å². The molecule has 3 amide bonds. The first kappa shape index (κ1) is 17.8. The van der Waals surface area contributed by atoms with Gasteiger partial charge in [0.1, 0.15) is 6.04 Å². The number of halogens is 2. The summed E-state index contributed by atoms with van der Waals surface area (Å²) in [7, 11) is 0. The lowest BCUT2D eigenvalue weighted by Gasteiger charge is -2.16. The van der Waals surface area contributed by atoms with E-state index in [9.17, 15) is 14.4 Å². The van der Waals surface area contributed by atoms with Crippen LogP contribution in [-0.4, -0.2) is 23.8 Å². The third-order valence-electron chi connectivity index (χ3n) is 3.71. The highest BCUT2D eigenvalue weighted by molar-refractivity contribution is 14.1. The van der Waals surface area contributed by atoms with Crippen molar-refractivity contribution in [3.05, 3.63) is 62.7 Å². The van der Waals surface area contributed by atoms with E-state index in [1.807, 2.05) is 12.1 Å². The summed E-state index contributed by atoms with van der Waals surface area (Å²) >= 11 is 7.88. The number of carbonyl (C=O) groups excluding carboxylic acids is 3. The monoisotopic (exact) mass is 469 g/mol. The van der Waals surface area contributed by atoms with E-state index in [1.165, 1.54) is 0 Å². The van der Waals surface area contributed by atoms with Gasteiger partial charge in [-0.05, 0) is 59.0 Å². The summed E-state index contributed by atoms with van der Waals surface area (Å²) in [6.45, 7) is 0. The third kappa shape index (κ3) is 3.83. The average Bonchev–Trinajstić information content (AvgIpc) is 2.88. The van der Waals surface area contributed by atoms with Crippen molar-refractivity contribution in [1.82, 2.24) is 10.9 Å². The molecule has 3 rings (SSSR count). The molecule has 0 aromatic heterocycles. The summed E-state index contributed by atoms with van der Waals surface area (Å²) in [6.07, 6.45) is -0.0341. The Morgan fingerprint density at radius 2 is 1.80 bits per heavy atom. The van der Waals surface area contributed by atoms with E-state index in [2.05, 4.69) is 33.4 Å². The lowest BCUT2D eigenvalue weighted by atomic mass is 10.2. The minimum Gasteiger partial charge on any atom is -0.287 e. The molecule has 1 atom stereocenters. The van der Waals surface area contributed by atoms with Crippen LogP contribution in [0.25, 0.3) is 0 Å². The van der Waals surface area contributed by atoms with Crippen LogP contribution in [0.4, 0.5) is 5.69 Å². The zero-order valence-corrected chi connectivity index (χ0v) is 15.7. The highest BCUT2D eigenvalue weighted by Gasteiger charge is 2.39. The van der Waals surface area contributed by atoms with Gasteiger partial charge in [-0.3, -0.25) is 19.8 Å². The van der Waals surface area contributed by atoms with E-state index in [0.717, 1.165) is 8.47 Å². The number of hydrogen-bond donors (Lipinski definition) is 2. The summed E-state index contributed by atoms with van der Waals surface area (Å²) in [4.78, 5) is 37.9. The molecule has 1 fully saturated rings. The number of amides is 3. The van der Waals surface area contributed by atoms with Gasteiger partial charge in [0.25, 0.3) is 11.8 Å². The fourth-order valence-corrected chi connectivity index (χ4v) is 3.23. The fraction of sp³-hybridized carbons (Fsp3) is 0.118. The minimum atomic E-state index is -0.812. The van der Waals surface area contributed by atoms with E-state index in [-0.39, 0.29) is 18.2 Å². The molecule has 1 aliphatic rings. The molecule has 0 aliphatic carbocycles. The molecule has 0 spiro atoms. The van der Waals surface area contributed by atoms with Crippen molar-refractivity contribution >= 4 is 57.6 Å². The quantitative estimate of drug-likeness (QED) is 0.410. The number of hydrogen-bond acceptors (Lipinski definition) is 4. The Balaban J connectivity index is 1.67. The molecule has 1 aliphatic heterocycles. The van der Waals surface area contributed by atoms with Crippen LogP contribution in [0, 0.1) is 3.57 Å². The molecular formula is C17H13ClIN3O3. The molecule has 0 saturated carbocycles. The van der Waals surface area contributed by atoms with Gasteiger partial charge >= 0.3 is 0 Å². The van der Waals surface area contributed by atoms with E-state index < -0.39 is 11.9 Å². The molecule has 1 saturated heterocycles. The van der Waals surface area contributed by atoms with E-state index in [4.69, 9.17) is 11.6 Å². The van der Waals surface area contributed by atoms with Crippen molar-refractivity contribution in [2.24, 2.45) is 0 Å². The van der Waals surface area contributed by atoms with E-state index in [0.29, 0.717) is 16.3 Å². The van der Waals surface area contributed by atoms with Crippen LogP contribution in [0.5, 0.6) is 0 Å². The fourth-order valence-electron chi connectivity index (χ4n) is 2.47. The first-order valence-electron chi connectivity index (χ1n) is 7.40. The van der Waals surface area contributed by atoms with Gasteiger partial charge in [0.05, 0.1) is 17.7 Å². The standard InChI is InChI=1S/C17H13ClIN3O3/c18-10-5-7-11(8-6-10)22-15(23)9-14(17(22)25)20-21-16(24)12-3-1-2-4-13(12)19/h1-8,14,20H,9H2,(H,21,24)/t14-/m1/s1. The molecule has 2 aromatic rings. The summed E-state index contributed by atoms with van der Waals surface area (Å²) in [6, 6.07) is 12.7. The minimum absolute atomic E-state index is 0.0341. The van der Waals surface area contributed by atoms with Crippen LogP contribution >= 0.6 is 34.2 Å². The zero-order chi connectivity index (χ0) is 18.0. The molecule has 0 unspecified atom stereocenters. The van der Waals surface area contributed by atoms with Gasteiger partial charge in [0.15, 0.2) is 0 Å². The molecule has 0 radical (unpaired) electrons. The largest absolute Gasteiger partial charge is 0.287 e. The lowest BCUT2D eigenvalue weighted by molar-refractivity contribution is -0.121. The van der Waals surface area contributed by atoms with Gasteiger partial charge in [-0.2, -0.15) is 0 Å². The molecule has 128 valence electrons. The third-order valence-corrected chi connectivity index (χ3v) is 4.90. The molecule has 2 aromatic carbocycles. The molecule has 0 bridgehead atoms. The normalized spacial score (nSPS) is 17.0. The van der Waals surface area contributed by atoms with Gasteiger partial charge in [0.2, 0.25) is 5.91 Å². The first-order chi connectivity index (χ1) is 12.0. The Bertz CT molecular complexity index is 841. The maximum atomic E-state index is 12.5. The maximum Gasteiger partial charge on any atom is 0.266 e. The molecule has 8 heteroatoms. The lowest BCUT2D eigenvalue weighted by Crippen LogP contribution is -2.48. The van der Waals surface area contributed by atoms with E-state index >= 15 is 0 Å². The summed E-state index contributed by atoms with van der Waals surface area (Å²) in [5, 5.41) is 0.516. The Labute approximate surface area is 162 Å². The molecule has 6 nitrogen and oxygen atoms in total. The molecule has 2 N–H and O–H groups in total. The number of carbonyl (C=O) groups is 3. The SMILES string of the molecule is O=C(NN[C@@H]1CC(=O)N(c2ccc(Cl)cc2)C1=O)c1ccccc1I. The van der Waals surface area contributed by atoms with E-state index in [1.54, 1.807) is 36.4 Å². The first-order valence-corrected chi connectivity index (χ1v) is 8.86. The number of hydrazine groups is 1. The topological polar surface area (TPSA) is 78.5 Å². The summed E-state index contributed by atoms with van der Waals surface area (Å²) < 4.78 is 0.788. The Kier molecular flexibility index (Phi) is 5.36. The molecule has 1 heterocycles. The second-order valence-electron chi connectivity index (χ2n) is 5.38. The van der Waals surface area contributed by atoms with Crippen LogP contribution < -0.4 is 15.8 Å². The Hall–Kier alpha value is -1.97. The van der Waals surface area contributed by atoms with Crippen LogP contribution in [0.1, 0.15) is 16.8 Å². The van der Waals surface area contributed by atoms with Crippen LogP contribution in [0.2, 0.25) is 5.02 Å². The van der Waals surface area contributed by atoms with Gasteiger partial charge in [-0.1, -0.05) is 23.7 Å². The average molecular weight is 470 g/mol. The van der Waals surface area contributed by atoms with Crippen LogP contribution in [0.15, 0.2) is 48.5 Å². The van der Waals surface area contributed by atoms with Gasteiger partial charge in [0, 0.05) is 8.59 Å². The summed E-state index contributed by atoms with van der Waals surface area (Å²) in [5.41, 5.74) is 6.10. The number of nitrogens with one attached hydrogen (secondary N) is 2. The van der Waals surface area contributed by atoms with Gasteiger partial charge < -0.3 is 0 Å². The Morgan fingerprint density at radius 3 is 2.48 bits per heavy atom. The summed E-state index contributed by atoms with van der Waals surface area (Å²) in [5.74, 6) is -1.13.